The standard InChI is InChI=1S/C6H12O2S3/c1-5(2)9-11(8)6(3,4)10(5)7/h1-4H3. The molecule has 5 heteroatoms. The van der Waals surface area contributed by atoms with Gasteiger partial charge in [-0.25, -0.2) is 4.21 Å². The summed E-state index contributed by atoms with van der Waals surface area (Å²) >= 11 is 0. The maximum atomic E-state index is 11.7. The van der Waals surface area contributed by atoms with Crippen LogP contribution in [-0.2, 0) is 20.6 Å². The minimum absolute atomic E-state index is 0.353. The van der Waals surface area contributed by atoms with Crippen LogP contribution >= 0.6 is 10.8 Å². The fraction of sp³-hybridized carbons (Fsp3) is 1.00. The molecule has 1 aliphatic heterocycles. The van der Waals surface area contributed by atoms with Crippen LogP contribution in [-0.4, -0.2) is 16.6 Å². The van der Waals surface area contributed by atoms with E-state index >= 15 is 0 Å². The lowest BCUT2D eigenvalue weighted by Crippen LogP contribution is -2.31. The van der Waals surface area contributed by atoms with E-state index in [0.29, 0.717) is 0 Å². The lowest BCUT2D eigenvalue weighted by atomic mass is 10.5. The van der Waals surface area contributed by atoms with Crippen LogP contribution < -0.4 is 0 Å². The van der Waals surface area contributed by atoms with E-state index in [1.807, 2.05) is 13.8 Å². The third-order valence-electron chi connectivity index (χ3n) is 1.57. The van der Waals surface area contributed by atoms with E-state index in [1.54, 1.807) is 13.8 Å². The van der Waals surface area contributed by atoms with Crippen LogP contribution in [0.5, 0.6) is 0 Å². The molecular formula is C6H12O2S3. The molecule has 0 N–H and O–H groups in total. The monoisotopic (exact) mass is 212 g/mol. The molecule has 1 heterocycles. The summed E-state index contributed by atoms with van der Waals surface area (Å²) in [5.41, 5.74) is 0. The van der Waals surface area contributed by atoms with Gasteiger partial charge in [0.25, 0.3) is 0 Å². The molecule has 0 radical (unpaired) electrons. The molecule has 0 aromatic rings. The molecule has 66 valence electrons. The van der Waals surface area contributed by atoms with Crippen LogP contribution in [0.25, 0.3) is 0 Å². The van der Waals surface area contributed by atoms with Crippen LogP contribution in [0, 0.1) is 0 Å². The highest BCUT2D eigenvalue weighted by Crippen LogP contribution is 2.48. The van der Waals surface area contributed by atoms with Gasteiger partial charge in [0, 0.05) is 0 Å². The molecule has 1 saturated heterocycles. The molecule has 1 aliphatic rings. The Morgan fingerprint density at radius 2 is 1.55 bits per heavy atom. The Balaban J connectivity index is 3.09. The van der Waals surface area contributed by atoms with E-state index in [9.17, 15) is 8.42 Å². The summed E-state index contributed by atoms with van der Waals surface area (Å²) in [4.78, 5) is 0. The lowest BCUT2D eigenvalue weighted by molar-refractivity contribution is 0.655. The van der Waals surface area contributed by atoms with Crippen molar-refractivity contribution in [2.24, 2.45) is 0 Å². The number of hydrogen-bond acceptors (Lipinski definition) is 3. The van der Waals surface area contributed by atoms with Crippen LogP contribution in [0.1, 0.15) is 27.7 Å². The second-order valence-electron chi connectivity index (χ2n) is 3.39. The first-order valence-electron chi connectivity index (χ1n) is 3.32. The van der Waals surface area contributed by atoms with Gasteiger partial charge in [0.05, 0.1) is 14.9 Å². The maximum absolute atomic E-state index is 11.7. The Morgan fingerprint density at radius 1 is 1.09 bits per heavy atom. The van der Waals surface area contributed by atoms with Gasteiger partial charge in [-0.2, -0.15) is 0 Å². The van der Waals surface area contributed by atoms with Crippen molar-refractivity contribution < 1.29 is 8.42 Å². The molecule has 0 saturated carbocycles. The zero-order chi connectivity index (χ0) is 8.86. The Hall–Kier alpha value is 0.650. The van der Waals surface area contributed by atoms with E-state index in [0.717, 1.165) is 0 Å². The first kappa shape index (κ1) is 9.74. The third kappa shape index (κ3) is 1.42. The molecule has 0 bridgehead atoms. The highest BCUT2D eigenvalue weighted by Gasteiger charge is 2.51. The molecule has 0 aromatic carbocycles. The average molecular weight is 212 g/mol. The van der Waals surface area contributed by atoms with E-state index in [1.165, 1.54) is 10.8 Å². The first-order chi connectivity index (χ1) is 4.78. The summed E-state index contributed by atoms with van der Waals surface area (Å²) in [6, 6.07) is 0. The van der Waals surface area contributed by atoms with E-state index in [-0.39, 0.29) is 4.08 Å². The maximum Gasteiger partial charge on any atom is 0.127 e. The molecular weight excluding hydrogens is 200 g/mol. The summed E-state index contributed by atoms with van der Waals surface area (Å²) in [7, 11) is -0.717. The summed E-state index contributed by atoms with van der Waals surface area (Å²) in [6.07, 6.45) is 0. The Labute approximate surface area is 75.8 Å². The zero-order valence-electron chi connectivity index (χ0n) is 7.04. The average Bonchev–Trinajstić information content (AvgIpc) is 1.94. The summed E-state index contributed by atoms with van der Waals surface area (Å²) in [6.45, 7) is 7.34. The molecule has 0 aromatic heterocycles. The van der Waals surface area contributed by atoms with Crippen molar-refractivity contribution in [1.29, 1.82) is 0 Å². The van der Waals surface area contributed by atoms with Gasteiger partial charge in [0.1, 0.15) is 13.9 Å². The topological polar surface area (TPSA) is 34.1 Å². The predicted octanol–water partition coefficient (Wildman–Crippen LogP) is 1.62. The second-order valence-corrected chi connectivity index (χ2v) is 10.6. The number of rotatable bonds is 0. The Kier molecular flexibility index (Phi) is 2.27. The molecule has 11 heavy (non-hydrogen) atoms. The van der Waals surface area contributed by atoms with E-state index in [2.05, 4.69) is 0 Å². The lowest BCUT2D eigenvalue weighted by Gasteiger charge is -2.17. The van der Waals surface area contributed by atoms with Crippen molar-refractivity contribution in [2.75, 3.05) is 0 Å². The Bertz CT molecular complexity index is 232. The van der Waals surface area contributed by atoms with E-state index < -0.39 is 24.7 Å². The van der Waals surface area contributed by atoms with Gasteiger partial charge in [0.15, 0.2) is 0 Å². The van der Waals surface area contributed by atoms with Gasteiger partial charge in [-0.05, 0) is 38.5 Å². The van der Waals surface area contributed by atoms with Crippen molar-refractivity contribution in [1.82, 2.24) is 0 Å². The van der Waals surface area contributed by atoms with Crippen LogP contribution in [0.3, 0.4) is 0 Å². The summed E-state index contributed by atoms with van der Waals surface area (Å²) in [5.74, 6) is 0. The van der Waals surface area contributed by atoms with Gasteiger partial charge in [-0.1, -0.05) is 0 Å². The SMILES string of the molecule is CC1(C)SS(=O)C(C)(C)S1=O. The Morgan fingerprint density at radius 3 is 1.64 bits per heavy atom. The molecule has 1 rings (SSSR count). The van der Waals surface area contributed by atoms with E-state index in [4.69, 9.17) is 0 Å². The van der Waals surface area contributed by atoms with Gasteiger partial charge in [-0.15, -0.1) is 0 Å². The fourth-order valence-electron chi connectivity index (χ4n) is 0.967. The largest absolute Gasteiger partial charge is 0.257 e. The van der Waals surface area contributed by atoms with Crippen LogP contribution in [0.2, 0.25) is 0 Å². The molecule has 2 unspecified atom stereocenters. The van der Waals surface area contributed by atoms with Crippen molar-refractivity contribution >= 4 is 31.4 Å². The highest BCUT2D eigenvalue weighted by molar-refractivity contribution is 8.75. The van der Waals surface area contributed by atoms with Gasteiger partial charge < -0.3 is 0 Å². The minimum atomic E-state index is -1.02. The first-order valence-corrected chi connectivity index (χ1v) is 6.95. The van der Waals surface area contributed by atoms with Crippen molar-refractivity contribution in [3.63, 3.8) is 0 Å². The van der Waals surface area contributed by atoms with Crippen molar-refractivity contribution in [3.8, 4) is 0 Å². The van der Waals surface area contributed by atoms with Gasteiger partial charge in [0.2, 0.25) is 0 Å². The molecule has 2 atom stereocenters. The van der Waals surface area contributed by atoms with Crippen LogP contribution in [0.15, 0.2) is 0 Å². The van der Waals surface area contributed by atoms with Crippen LogP contribution in [0.4, 0.5) is 0 Å². The minimum Gasteiger partial charge on any atom is -0.257 e. The smallest absolute Gasteiger partial charge is 0.127 e. The predicted molar refractivity (Wildman–Crippen MR) is 52.0 cm³/mol. The van der Waals surface area contributed by atoms with Crippen molar-refractivity contribution in [2.45, 2.75) is 35.9 Å². The molecule has 0 aliphatic carbocycles. The summed E-state index contributed by atoms with van der Waals surface area (Å²) in [5, 5.41) is 0. The second kappa shape index (κ2) is 2.57. The van der Waals surface area contributed by atoms with Crippen molar-refractivity contribution in [3.05, 3.63) is 0 Å². The normalized spacial score (nSPS) is 40.7. The third-order valence-corrected chi connectivity index (χ3v) is 9.91. The number of hydrogen-bond donors (Lipinski definition) is 0. The molecule has 2 nitrogen and oxygen atoms in total. The summed E-state index contributed by atoms with van der Waals surface area (Å²) < 4.78 is 22.2. The zero-order valence-corrected chi connectivity index (χ0v) is 9.49. The quantitative estimate of drug-likeness (QED) is 0.572. The fourth-order valence-corrected chi connectivity index (χ4v) is 8.54. The van der Waals surface area contributed by atoms with Gasteiger partial charge >= 0.3 is 0 Å². The molecule has 1 fully saturated rings. The molecule has 0 amide bonds. The van der Waals surface area contributed by atoms with Gasteiger partial charge in [-0.3, -0.25) is 4.21 Å². The molecule has 0 spiro atoms. The highest BCUT2D eigenvalue weighted by atomic mass is 33.1.